The van der Waals surface area contributed by atoms with Crippen LogP contribution in [0.4, 0.5) is 13.2 Å². The number of ether oxygens (including phenoxy) is 1. The summed E-state index contributed by atoms with van der Waals surface area (Å²) in [5, 5.41) is 3.28. The summed E-state index contributed by atoms with van der Waals surface area (Å²) in [6.45, 7) is -0.995. The fraction of sp³-hybridized carbons (Fsp3) is 0.588. The van der Waals surface area contributed by atoms with Gasteiger partial charge in [-0.15, -0.1) is 0 Å². The van der Waals surface area contributed by atoms with Crippen molar-refractivity contribution in [3.63, 3.8) is 0 Å². The molecule has 0 bridgehead atoms. The second kappa shape index (κ2) is 6.63. The van der Waals surface area contributed by atoms with Gasteiger partial charge in [0.2, 0.25) is 5.91 Å². The fourth-order valence-corrected chi connectivity index (χ4v) is 3.70. The molecule has 7 heteroatoms. The molecule has 2 aliphatic rings. The number of carbonyl (C=O) groups excluding carboxylic acids is 1. The Morgan fingerprint density at radius 1 is 1.29 bits per heavy atom. The van der Waals surface area contributed by atoms with Crippen LogP contribution in [0.25, 0.3) is 0 Å². The zero-order chi connectivity index (χ0) is 17.3. The number of carbonyl (C=O) groups is 1. The molecule has 1 aromatic rings. The predicted octanol–water partition coefficient (Wildman–Crippen LogP) is 2.83. The molecular weight excluding hydrogens is 321 g/mol. The summed E-state index contributed by atoms with van der Waals surface area (Å²) in [6.07, 6.45) is -1.55. The standard InChI is InChI=1S/C17H21F3N2O2/c1-24-15-6-2-4-11-12(15)7-8-13(11)21-14-5-3-9-22(16(14)23)10-17(18,19)20/h2,4,6,13-14,21H,3,5,7-10H2,1H3/t13-,14+/m0/s1. The number of amides is 1. The molecule has 0 aromatic heterocycles. The van der Waals surface area contributed by atoms with Gasteiger partial charge in [0.1, 0.15) is 12.3 Å². The van der Waals surface area contributed by atoms with Crippen LogP contribution < -0.4 is 10.1 Å². The van der Waals surface area contributed by atoms with Crippen LogP contribution in [-0.2, 0) is 11.2 Å². The lowest BCUT2D eigenvalue weighted by Crippen LogP contribution is -2.53. The molecule has 0 spiro atoms. The van der Waals surface area contributed by atoms with E-state index in [0.717, 1.165) is 34.6 Å². The molecule has 1 fully saturated rings. The van der Waals surface area contributed by atoms with Crippen molar-refractivity contribution in [3.8, 4) is 5.75 Å². The van der Waals surface area contributed by atoms with Gasteiger partial charge < -0.3 is 9.64 Å². The number of alkyl halides is 3. The number of methoxy groups -OCH3 is 1. The van der Waals surface area contributed by atoms with Gasteiger partial charge in [0, 0.05) is 12.6 Å². The third-order valence-corrected chi connectivity index (χ3v) is 4.75. The maximum atomic E-state index is 12.6. The Hall–Kier alpha value is -1.76. The van der Waals surface area contributed by atoms with Gasteiger partial charge in [-0.05, 0) is 42.9 Å². The van der Waals surface area contributed by atoms with Gasteiger partial charge in [-0.1, -0.05) is 12.1 Å². The van der Waals surface area contributed by atoms with E-state index >= 15 is 0 Å². The van der Waals surface area contributed by atoms with E-state index in [1.165, 1.54) is 0 Å². The zero-order valence-corrected chi connectivity index (χ0v) is 13.5. The molecule has 4 nitrogen and oxygen atoms in total. The van der Waals surface area contributed by atoms with E-state index in [2.05, 4.69) is 5.32 Å². The van der Waals surface area contributed by atoms with Gasteiger partial charge in [0.25, 0.3) is 0 Å². The number of benzene rings is 1. The first-order chi connectivity index (χ1) is 11.4. The average molecular weight is 342 g/mol. The van der Waals surface area contributed by atoms with Crippen molar-refractivity contribution in [1.82, 2.24) is 10.2 Å². The first-order valence-electron chi connectivity index (χ1n) is 8.16. The van der Waals surface area contributed by atoms with Crippen LogP contribution in [-0.4, -0.2) is 43.2 Å². The highest BCUT2D eigenvalue weighted by molar-refractivity contribution is 5.82. The lowest BCUT2D eigenvalue weighted by molar-refractivity contribution is -0.165. The molecule has 1 saturated heterocycles. The average Bonchev–Trinajstić information content (AvgIpc) is 2.93. The summed E-state index contributed by atoms with van der Waals surface area (Å²) in [5.74, 6) is 0.375. The van der Waals surface area contributed by atoms with Crippen molar-refractivity contribution in [2.45, 2.75) is 43.9 Å². The molecule has 1 heterocycles. The Labute approximate surface area is 139 Å². The van der Waals surface area contributed by atoms with Crippen LogP contribution in [0.5, 0.6) is 5.75 Å². The third-order valence-electron chi connectivity index (χ3n) is 4.75. The van der Waals surface area contributed by atoms with Crippen molar-refractivity contribution < 1.29 is 22.7 Å². The van der Waals surface area contributed by atoms with Crippen LogP contribution in [0, 0.1) is 0 Å². The van der Waals surface area contributed by atoms with E-state index in [4.69, 9.17) is 4.74 Å². The Kier molecular flexibility index (Phi) is 4.71. The second-order valence-electron chi connectivity index (χ2n) is 6.36. The number of hydrogen-bond acceptors (Lipinski definition) is 3. The maximum Gasteiger partial charge on any atom is 0.406 e. The van der Waals surface area contributed by atoms with Gasteiger partial charge in [0.05, 0.1) is 13.2 Å². The zero-order valence-electron chi connectivity index (χ0n) is 13.5. The van der Waals surface area contributed by atoms with Gasteiger partial charge in [0.15, 0.2) is 0 Å². The summed E-state index contributed by atoms with van der Waals surface area (Å²) in [5.41, 5.74) is 2.20. The highest BCUT2D eigenvalue weighted by atomic mass is 19.4. The predicted molar refractivity (Wildman–Crippen MR) is 82.8 cm³/mol. The van der Waals surface area contributed by atoms with E-state index < -0.39 is 24.7 Å². The summed E-state index contributed by atoms with van der Waals surface area (Å²) in [7, 11) is 1.62. The Morgan fingerprint density at radius 3 is 2.79 bits per heavy atom. The van der Waals surface area contributed by atoms with E-state index in [9.17, 15) is 18.0 Å². The normalized spacial score (nSPS) is 24.2. The number of rotatable bonds is 4. The van der Waals surface area contributed by atoms with Crippen LogP contribution in [0.2, 0.25) is 0 Å². The van der Waals surface area contributed by atoms with Gasteiger partial charge in [-0.25, -0.2) is 0 Å². The van der Waals surface area contributed by atoms with Crippen LogP contribution in [0.15, 0.2) is 18.2 Å². The summed E-state index contributed by atoms with van der Waals surface area (Å²) in [6, 6.07) is 5.22. The molecule has 24 heavy (non-hydrogen) atoms. The smallest absolute Gasteiger partial charge is 0.406 e. The molecule has 1 aliphatic carbocycles. The lowest BCUT2D eigenvalue weighted by Gasteiger charge is -2.34. The fourth-order valence-electron chi connectivity index (χ4n) is 3.70. The molecule has 0 unspecified atom stereocenters. The highest BCUT2D eigenvalue weighted by Crippen LogP contribution is 2.37. The summed E-state index contributed by atoms with van der Waals surface area (Å²) < 4.78 is 43.2. The maximum absolute atomic E-state index is 12.6. The van der Waals surface area contributed by atoms with Gasteiger partial charge in [-0.3, -0.25) is 10.1 Å². The number of nitrogens with one attached hydrogen (secondary N) is 1. The summed E-state index contributed by atoms with van der Waals surface area (Å²) in [4.78, 5) is 13.3. The largest absolute Gasteiger partial charge is 0.496 e. The Morgan fingerprint density at radius 2 is 2.08 bits per heavy atom. The number of fused-ring (bicyclic) bond motifs is 1. The van der Waals surface area contributed by atoms with E-state index in [1.54, 1.807) is 7.11 Å². The topological polar surface area (TPSA) is 41.6 Å². The minimum Gasteiger partial charge on any atom is -0.496 e. The monoisotopic (exact) mass is 342 g/mol. The molecule has 2 atom stereocenters. The first-order valence-corrected chi connectivity index (χ1v) is 8.16. The molecule has 1 aromatic carbocycles. The van der Waals surface area contributed by atoms with Crippen molar-refractivity contribution in [1.29, 1.82) is 0 Å². The quantitative estimate of drug-likeness (QED) is 0.915. The second-order valence-corrected chi connectivity index (χ2v) is 6.36. The third kappa shape index (κ3) is 3.50. The Balaban J connectivity index is 1.70. The van der Waals surface area contributed by atoms with Crippen LogP contribution >= 0.6 is 0 Å². The SMILES string of the molecule is COc1cccc2c1CC[C@@H]2N[C@@H]1CCCN(CC(F)(F)F)C1=O. The molecule has 3 rings (SSSR count). The lowest BCUT2D eigenvalue weighted by atomic mass is 10.0. The van der Waals surface area contributed by atoms with Gasteiger partial charge in [-0.2, -0.15) is 13.2 Å². The molecule has 0 radical (unpaired) electrons. The van der Waals surface area contributed by atoms with Crippen molar-refractivity contribution >= 4 is 5.91 Å². The molecule has 0 saturated carbocycles. The number of likely N-dealkylation sites (tertiary alicyclic amines) is 1. The van der Waals surface area contributed by atoms with Crippen molar-refractivity contribution in [3.05, 3.63) is 29.3 Å². The number of piperidine rings is 1. The molecule has 1 aliphatic heterocycles. The highest BCUT2D eigenvalue weighted by Gasteiger charge is 2.38. The molecule has 132 valence electrons. The number of halogens is 3. The Bertz CT molecular complexity index is 618. The van der Waals surface area contributed by atoms with E-state index in [-0.39, 0.29) is 12.6 Å². The number of hydrogen-bond donors (Lipinski definition) is 1. The summed E-state index contributed by atoms with van der Waals surface area (Å²) >= 11 is 0. The van der Waals surface area contributed by atoms with Crippen molar-refractivity contribution in [2.75, 3.05) is 20.2 Å². The minimum atomic E-state index is -4.36. The van der Waals surface area contributed by atoms with Crippen molar-refractivity contribution in [2.24, 2.45) is 0 Å². The van der Waals surface area contributed by atoms with E-state index in [1.807, 2.05) is 18.2 Å². The van der Waals surface area contributed by atoms with Crippen LogP contribution in [0.1, 0.15) is 36.4 Å². The number of nitrogens with zero attached hydrogens (tertiary/aromatic N) is 1. The van der Waals surface area contributed by atoms with E-state index in [0.29, 0.717) is 12.8 Å². The molecular formula is C17H21F3N2O2. The molecule has 1 N–H and O–H groups in total. The van der Waals surface area contributed by atoms with Crippen LogP contribution in [0.3, 0.4) is 0 Å². The molecule has 1 amide bonds. The van der Waals surface area contributed by atoms with Gasteiger partial charge >= 0.3 is 6.18 Å². The first kappa shape index (κ1) is 17.1. The minimum absolute atomic E-state index is 0.0186.